The molecular weight excluding hydrogens is 389 g/mol. The highest BCUT2D eigenvalue weighted by atomic mass is 32.1. The van der Waals surface area contributed by atoms with Gasteiger partial charge in [-0.1, -0.05) is 56.3 Å². The van der Waals surface area contributed by atoms with Crippen LogP contribution in [0.15, 0.2) is 60.0 Å². The molecule has 1 heterocycles. The first-order valence-electron chi connectivity index (χ1n) is 9.28. The van der Waals surface area contributed by atoms with Gasteiger partial charge in [0, 0.05) is 10.9 Å². The number of aromatic nitrogens is 1. The molecule has 0 saturated heterocycles. The fraction of sp³-hybridized carbons (Fsp3) is 0.227. The number of benzene rings is 2. The third-order valence-corrected chi connectivity index (χ3v) is 5.31. The number of carbonyl (C=O) groups is 2. The number of rotatable bonds is 7. The second-order valence-corrected chi connectivity index (χ2v) is 7.76. The highest BCUT2D eigenvalue weighted by Gasteiger charge is 2.25. The average Bonchev–Trinajstić information content (AvgIpc) is 3.20. The van der Waals surface area contributed by atoms with Crippen LogP contribution in [0.25, 0.3) is 10.6 Å². The van der Waals surface area contributed by atoms with Crippen molar-refractivity contribution in [2.75, 3.05) is 0 Å². The maximum Gasteiger partial charge on any atom is 0.254 e. The molecular formula is C22H22FN3O2S. The summed E-state index contributed by atoms with van der Waals surface area (Å²) in [6.45, 7) is 3.89. The van der Waals surface area contributed by atoms with Crippen LogP contribution in [0.3, 0.4) is 0 Å². The normalized spacial score (nSPS) is 11.9. The Kier molecular flexibility index (Phi) is 6.72. The third-order valence-electron chi connectivity index (χ3n) is 4.37. The van der Waals surface area contributed by atoms with Crippen molar-refractivity contribution in [2.24, 2.45) is 5.92 Å². The van der Waals surface area contributed by atoms with E-state index < -0.39 is 17.8 Å². The molecule has 2 N–H and O–H groups in total. The van der Waals surface area contributed by atoms with Crippen molar-refractivity contribution >= 4 is 23.2 Å². The van der Waals surface area contributed by atoms with Crippen LogP contribution in [-0.2, 0) is 11.3 Å². The van der Waals surface area contributed by atoms with E-state index in [0.29, 0.717) is 0 Å². The highest BCUT2D eigenvalue weighted by molar-refractivity contribution is 7.13. The van der Waals surface area contributed by atoms with E-state index in [1.165, 1.54) is 29.5 Å². The van der Waals surface area contributed by atoms with E-state index in [-0.39, 0.29) is 23.9 Å². The minimum Gasteiger partial charge on any atom is -0.349 e. The molecule has 0 fully saturated rings. The smallest absolute Gasteiger partial charge is 0.254 e. The quantitative estimate of drug-likeness (QED) is 0.617. The van der Waals surface area contributed by atoms with Gasteiger partial charge < -0.3 is 10.6 Å². The van der Waals surface area contributed by atoms with E-state index in [1.807, 2.05) is 49.6 Å². The summed E-state index contributed by atoms with van der Waals surface area (Å²) in [6, 6.07) is 14.7. The minimum atomic E-state index is -0.783. The molecule has 0 unspecified atom stereocenters. The van der Waals surface area contributed by atoms with E-state index in [9.17, 15) is 14.0 Å². The van der Waals surface area contributed by atoms with Gasteiger partial charge in [0.1, 0.15) is 16.9 Å². The van der Waals surface area contributed by atoms with E-state index in [4.69, 9.17) is 0 Å². The first-order valence-corrected chi connectivity index (χ1v) is 10.2. The molecule has 7 heteroatoms. The molecule has 0 saturated carbocycles. The molecule has 0 aliphatic rings. The van der Waals surface area contributed by atoms with Gasteiger partial charge in [-0.05, 0) is 18.1 Å². The number of thiazole rings is 1. The van der Waals surface area contributed by atoms with E-state index in [0.717, 1.165) is 16.3 Å². The van der Waals surface area contributed by atoms with Gasteiger partial charge in [0.15, 0.2) is 0 Å². The van der Waals surface area contributed by atoms with Crippen molar-refractivity contribution in [1.82, 2.24) is 15.6 Å². The predicted molar refractivity (Wildman–Crippen MR) is 112 cm³/mol. The van der Waals surface area contributed by atoms with E-state index in [2.05, 4.69) is 15.6 Å². The maximum atomic E-state index is 13.8. The topological polar surface area (TPSA) is 71.1 Å². The van der Waals surface area contributed by atoms with Gasteiger partial charge in [-0.2, -0.15) is 0 Å². The van der Waals surface area contributed by atoms with Gasteiger partial charge in [0.05, 0.1) is 17.8 Å². The molecule has 0 bridgehead atoms. The van der Waals surface area contributed by atoms with Crippen LogP contribution in [-0.4, -0.2) is 22.8 Å². The third kappa shape index (κ3) is 5.26. The number of carbonyl (C=O) groups excluding carboxylic acids is 2. The molecule has 0 aliphatic carbocycles. The largest absolute Gasteiger partial charge is 0.349 e. The molecule has 2 amide bonds. The first kappa shape index (κ1) is 20.7. The van der Waals surface area contributed by atoms with Crippen molar-refractivity contribution in [3.05, 3.63) is 77.1 Å². The van der Waals surface area contributed by atoms with Crippen molar-refractivity contribution in [3.63, 3.8) is 0 Å². The Morgan fingerprint density at radius 1 is 1.07 bits per heavy atom. The zero-order chi connectivity index (χ0) is 20.8. The Balaban J connectivity index is 1.62. The van der Waals surface area contributed by atoms with Gasteiger partial charge >= 0.3 is 0 Å². The summed E-state index contributed by atoms with van der Waals surface area (Å²) in [5, 5.41) is 8.22. The average molecular weight is 412 g/mol. The first-order chi connectivity index (χ1) is 14.0. The summed E-state index contributed by atoms with van der Waals surface area (Å²) >= 11 is 1.50. The van der Waals surface area contributed by atoms with Crippen LogP contribution >= 0.6 is 11.3 Å². The molecule has 0 spiro atoms. The van der Waals surface area contributed by atoms with Crippen molar-refractivity contribution in [1.29, 1.82) is 0 Å². The number of hydrogen-bond donors (Lipinski definition) is 2. The monoisotopic (exact) mass is 411 g/mol. The molecule has 0 radical (unpaired) electrons. The van der Waals surface area contributed by atoms with Crippen molar-refractivity contribution in [3.8, 4) is 10.6 Å². The van der Waals surface area contributed by atoms with Gasteiger partial charge in [-0.3, -0.25) is 9.59 Å². The lowest BCUT2D eigenvalue weighted by Gasteiger charge is -2.21. The molecule has 1 atom stereocenters. The summed E-state index contributed by atoms with van der Waals surface area (Å²) in [5.41, 5.74) is 1.68. The van der Waals surface area contributed by atoms with Gasteiger partial charge in [-0.25, -0.2) is 9.37 Å². The minimum absolute atomic E-state index is 0.0852. The van der Waals surface area contributed by atoms with E-state index in [1.54, 1.807) is 6.07 Å². The van der Waals surface area contributed by atoms with Crippen LogP contribution in [0.2, 0.25) is 0 Å². The lowest BCUT2D eigenvalue weighted by Crippen LogP contribution is -2.49. The van der Waals surface area contributed by atoms with Crippen LogP contribution in [0.5, 0.6) is 0 Å². The van der Waals surface area contributed by atoms with Gasteiger partial charge in [-0.15, -0.1) is 11.3 Å². The fourth-order valence-electron chi connectivity index (χ4n) is 2.79. The molecule has 3 rings (SSSR count). The van der Waals surface area contributed by atoms with Crippen LogP contribution in [0.1, 0.15) is 29.9 Å². The molecule has 2 aromatic carbocycles. The zero-order valence-electron chi connectivity index (χ0n) is 16.2. The Labute approximate surface area is 173 Å². The maximum absolute atomic E-state index is 13.8. The van der Waals surface area contributed by atoms with E-state index >= 15 is 0 Å². The number of hydrogen-bond acceptors (Lipinski definition) is 4. The molecule has 5 nitrogen and oxygen atoms in total. The molecule has 150 valence electrons. The Morgan fingerprint density at radius 3 is 2.45 bits per heavy atom. The zero-order valence-corrected chi connectivity index (χ0v) is 17.0. The molecule has 1 aromatic heterocycles. The Morgan fingerprint density at radius 2 is 1.76 bits per heavy atom. The highest BCUT2D eigenvalue weighted by Crippen LogP contribution is 2.23. The lowest BCUT2D eigenvalue weighted by atomic mass is 10.0. The van der Waals surface area contributed by atoms with Crippen LogP contribution in [0.4, 0.5) is 4.39 Å². The number of amides is 2. The molecule has 3 aromatic rings. The Bertz CT molecular complexity index is 988. The summed E-state index contributed by atoms with van der Waals surface area (Å²) in [7, 11) is 0. The summed E-state index contributed by atoms with van der Waals surface area (Å²) < 4.78 is 13.8. The lowest BCUT2D eigenvalue weighted by molar-refractivity contribution is -0.124. The standard InChI is InChI=1S/C22H22FN3O2S/c1-14(2)19(26-20(27)17-10-6-7-11-18(17)23)21(28)24-12-16-13-29-22(25-16)15-8-4-3-5-9-15/h3-11,13-14,19H,12H2,1-2H3,(H,24,28)(H,26,27)/t19-/m0/s1. The number of nitrogens with zero attached hydrogens (tertiary/aromatic N) is 1. The number of halogens is 1. The Hall–Kier alpha value is -3.06. The van der Waals surface area contributed by atoms with Crippen LogP contribution < -0.4 is 10.6 Å². The van der Waals surface area contributed by atoms with Crippen molar-refractivity contribution in [2.45, 2.75) is 26.4 Å². The molecule has 29 heavy (non-hydrogen) atoms. The predicted octanol–water partition coefficient (Wildman–Crippen LogP) is 4.02. The van der Waals surface area contributed by atoms with Crippen LogP contribution in [0, 0.1) is 11.7 Å². The van der Waals surface area contributed by atoms with Gasteiger partial charge in [0.25, 0.3) is 5.91 Å². The summed E-state index contributed by atoms with van der Waals surface area (Å²) in [5.74, 6) is -1.74. The SMILES string of the molecule is CC(C)[C@H](NC(=O)c1ccccc1F)C(=O)NCc1csc(-c2ccccc2)n1. The second kappa shape index (κ2) is 9.43. The molecule has 0 aliphatic heterocycles. The summed E-state index contributed by atoms with van der Waals surface area (Å²) in [4.78, 5) is 29.6. The van der Waals surface area contributed by atoms with Gasteiger partial charge in [0.2, 0.25) is 5.91 Å². The number of nitrogens with one attached hydrogen (secondary N) is 2. The fourth-order valence-corrected chi connectivity index (χ4v) is 3.61. The summed E-state index contributed by atoms with van der Waals surface area (Å²) in [6.07, 6.45) is 0. The van der Waals surface area contributed by atoms with Crippen molar-refractivity contribution < 1.29 is 14.0 Å². The second-order valence-electron chi connectivity index (χ2n) is 6.90.